The lowest BCUT2D eigenvalue weighted by molar-refractivity contribution is -0.152. The monoisotopic (exact) mass is 301 g/mol. The quantitative estimate of drug-likeness (QED) is 0.823. The SMILES string of the molecule is CCC1CN(CC(F)(F)F)C(C)c2ccc(COC)cc21. The van der Waals surface area contributed by atoms with Crippen LogP contribution in [-0.2, 0) is 11.3 Å². The number of methoxy groups -OCH3 is 1. The molecule has 1 heterocycles. The third-order valence-corrected chi connectivity index (χ3v) is 4.23. The molecule has 2 atom stereocenters. The first kappa shape index (κ1) is 16.3. The van der Waals surface area contributed by atoms with Crippen molar-refractivity contribution in [1.29, 1.82) is 0 Å². The molecule has 2 rings (SSSR count). The minimum atomic E-state index is -4.15. The molecule has 5 heteroatoms. The third kappa shape index (κ3) is 3.77. The van der Waals surface area contributed by atoms with Crippen molar-refractivity contribution in [3.63, 3.8) is 0 Å². The maximum atomic E-state index is 12.7. The molecule has 0 bridgehead atoms. The van der Waals surface area contributed by atoms with Crippen molar-refractivity contribution in [3.05, 3.63) is 34.9 Å². The van der Waals surface area contributed by atoms with Gasteiger partial charge in [0.1, 0.15) is 0 Å². The van der Waals surface area contributed by atoms with Crippen molar-refractivity contribution in [1.82, 2.24) is 4.90 Å². The van der Waals surface area contributed by atoms with Crippen LogP contribution in [0.2, 0.25) is 0 Å². The summed E-state index contributed by atoms with van der Waals surface area (Å²) in [5.74, 6) is 0.148. The molecule has 0 aliphatic carbocycles. The average molecular weight is 301 g/mol. The van der Waals surface area contributed by atoms with E-state index in [4.69, 9.17) is 4.74 Å². The molecule has 0 saturated carbocycles. The van der Waals surface area contributed by atoms with E-state index in [9.17, 15) is 13.2 Å². The summed E-state index contributed by atoms with van der Waals surface area (Å²) in [5, 5.41) is 0. The normalized spacial score (nSPS) is 23.1. The van der Waals surface area contributed by atoms with Crippen LogP contribution in [0.4, 0.5) is 13.2 Å². The molecule has 1 aromatic carbocycles. The van der Waals surface area contributed by atoms with Crippen LogP contribution in [0, 0.1) is 0 Å². The molecule has 0 fully saturated rings. The van der Waals surface area contributed by atoms with Crippen molar-refractivity contribution in [2.45, 2.75) is 45.0 Å². The van der Waals surface area contributed by atoms with E-state index in [1.807, 2.05) is 26.0 Å². The van der Waals surface area contributed by atoms with E-state index in [0.29, 0.717) is 13.2 Å². The molecule has 2 nitrogen and oxygen atoms in total. The fraction of sp³-hybridized carbons (Fsp3) is 0.625. The number of fused-ring (bicyclic) bond motifs is 1. The summed E-state index contributed by atoms with van der Waals surface area (Å²) in [6.07, 6.45) is -3.31. The predicted molar refractivity (Wildman–Crippen MR) is 76.2 cm³/mol. The molecule has 0 saturated heterocycles. The minimum Gasteiger partial charge on any atom is -0.380 e. The van der Waals surface area contributed by atoms with Crippen LogP contribution >= 0.6 is 0 Å². The fourth-order valence-electron chi connectivity index (χ4n) is 3.13. The highest BCUT2D eigenvalue weighted by atomic mass is 19.4. The molecule has 0 spiro atoms. The number of hydrogen-bond acceptors (Lipinski definition) is 2. The second-order valence-electron chi connectivity index (χ2n) is 5.72. The van der Waals surface area contributed by atoms with E-state index in [2.05, 4.69) is 6.07 Å². The van der Waals surface area contributed by atoms with E-state index in [1.165, 1.54) is 10.5 Å². The van der Waals surface area contributed by atoms with Crippen LogP contribution in [0.1, 0.15) is 48.9 Å². The first-order chi connectivity index (χ1) is 9.85. The molecule has 1 aliphatic rings. The van der Waals surface area contributed by atoms with Crippen LogP contribution in [0.15, 0.2) is 18.2 Å². The molecule has 0 radical (unpaired) electrons. The highest BCUT2D eigenvalue weighted by Crippen LogP contribution is 2.39. The fourth-order valence-corrected chi connectivity index (χ4v) is 3.13. The Morgan fingerprint density at radius 2 is 2.00 bits per heavy atom. The molecule has 118 valence electrons. The number of ether oxygens (including phenoxy) is 1. The zero-order valence-electron chi connectivity index (χ0n) is 12.7. The Morgan fingerprint density at radius 1 is 1.29 bits per heavy atom. The van der Waals surface area contributed by atoms with E-state index in [1.54, 1.807) is 7.11 Å². The van der Waals surface area contributed by atoms with Crippen molar-refractivity contribution in [3.8, 4) is 0 Å². The van der Waals surface area contributed by atoms with Crippen LogP contribution in [-0.4, -0.2) is 31.3 Å². The van der Waals surface area contributed by atoms with Gasteiger partial charge in [-0.2, -0.15) is 13.2 Å². The van der Waals surface area contributed by atoms with Gasteiger partial charge in [-0.25, -0.2) is 0 Å². The number of benzene rings is 1. The van der Waals surface area contributed by atoms with Crippen molar-refractivity contribution < 1.29 is 17.9 Å². The molecule has 1 aliphatic heterocycles. The van der Waals surface area contributed by atoms with Gasteiger partial charge < -0.3 is 4.74 Å². The highest BCUT2D eigenvalue weighted by molar-refractivity contribution is 5.38. The number of nitrogens with zero attached hydrogens (tertiary/aromatic N) is 1. The van der Waals surface area contributed by atoms with Gasteiger partial charge in [0.15, 0.2) is 0 Å². The van der Waals surface area contributed by atoms with E-state index in [-0.39, 0.29) is 12.0 Å². The van der Waals surface area contributed by atoms with Gasteiger partial charge in [0.05, 0.1) is 13.2 Å². The van der Waals surface area contributed by atoms with Crippen molar-refractivity contribution in [2.24, 2.45) is 0 Å². The lowest BCUT2D eigenvalue weighted by Gasteiger charge is -2.40. The van der Waals surface area contributed by atoms with E-state index in [0.717, 1.165) is 17.5 Å². The van der Waals surface area contributed by atoms with Gasteiger partial charge in [-0.05, 0) is 36.0 Å². The Balaban J connectivity index is 2.31. The summed E-state index contributed by atoms with van der Waals surface area (Å²) in [6.45, 7) is 4.03. The largest absolute Gasteiger partial charge is 0.401 e. The number of hydrogen-bond donors (Lipinski definition) is 0. The molecular weight excluding hydrogens is 279 g/mol. The van der Waals surface area contributed by atoms with E-state index < -0.39 is 12.7 Å². The lowest BCUT2D eigenvalue weighted by Crippen LogP contribution is -2.42. The molecular formula is C16H22F3NO. The van der Waals surface area contributed by atoms with Crippen molar-refractivity contribution >= 4 is 0 Å². The van der Waals surface area contributed by atoms with Gasteiger partial charge in [0.25, 0.3) is 0 Å². The van der Waals surface area contributed by atoms with E-state index >= 15 is 0 Å². The van der Waals surface area contributed by atoms with Gasteiger partial charge in [-0.3, -0.25) is 4.90 Å². The Labute approximate surface area is 123 Å². The summed E-state index contributed by atoms with van der Waals surface area (Å²) >= 11 is 0. The van der Waals surface area contributed by atoms with Crippen LogP contribution in [0.3, 0.4) is 0 Å². The number of rotatable bonds is 4. The first-order valence-corrected chi connectivity index (χ1v) is 7.28. The standard InChI is InChI=1S/C16H22F3NO/c1-4-13-8-20(10-16(17,18)19)11(2)14-6-5-12(9-21-3)7-15(13)14/h5-7,11,13H,4,8-10H2,1-3H3. The van der Waals surface area contributed by atoms with Crippen LogP contribution < -0.4 is 0 Å². The maximum absolute atomic E-state index is 12.7. The second-order valence-corrected chi connectivity index (χ2v) is 5.72. The molecule has 0 amide bonds. The Morgan fingerprint density at radius 3 is 2.57 bits per heavy atom. The summed E-state index contributed by atoms with van der Waals surface area (Å²) in [5.41, 5.74) is 3.27. The van der Waals surface area contributed by atoms with Gasteiger partial charge in [0, 0.05) is 19.7 Å². The first-order valence-electron chi connectivity index (χ1n) is 7.28. The molecule has 1 aromatic rings. The average Bonchev–Trinajstić information content (AvgIpc) is 2.41. The Hall–Kier alpha value is -1.07. The van der Waals surface area contributed by atoms with Gasteiger partial charge in [-0.15, -0.1) is 0 Å². The van der Waals surface area contributed by atoms with Crippen LogP contribution in [0.25, 0.3) is 0 Å². The Kier molecular flexibility index (Phi) is 4.94. The molecule has 0 N–H and O–H groups in total. The van der Waals surface area contributed by atoms with Gasteiger partial charge in [-0.1, -0.05) is 25.1 Å². The van der Waals surface area contributed by atoms with Crippen molar-refractivity contribution in [2.75, 3.05) is 20.2 Å². The molecule has 2 unspecified atom stereocenters. The summed E-state index contributed by atoms with van der Waals surface area (Å²) in [6, 6.07) is 5.79. The molecule has 21 heavy (non-hydrogen) atoms. The zero-order chi connectivity index (χ0) is 15.6. The predicted octanol–water partition coefficient (Wildman–Crippen LogP) is 4.27. The maximum Gasteiger partial charge on any atom is 0.401 e. The number of alkyl halides is 3. The van der Waals surface area contributed by atoms with Crippen LogP contribution in [0.5, 0.6) is 0 Å². The van der Waals surface area contributed by atoms with Gasteiger partial charge >= 0.3 is 6.18 Å². The molecule has 0 aromatic heterocycles. The number of halogens is 3. The second kappa shape index (κ2) is 6.36. The topological polar surface area (TPSA) is 12.5 Å². The van der Waals surface area contributed by atoms with Gasteiger partial charge in [0.2, 0.25) is 0 Å². The smallest absolute Gasteiger partial charge is 0.380 e. The Bertz CT molecular complexity index is 487. The summed E-state index contributed by atoms with van der Waals surface area (Å²) < 4.78 is 43.3. The third-order valence-electron chi connectivity index (χ3n) is 4.23. The highest BCUT2D eigenvalue weighted by Gasteiger charge is 2.37. The minimum absolute atomic E-state index is 0.148. The zero-order valence-corrected chi connectivity index (χ0v) is 12.7. The summed E-state index contributed by atoms with van der Waals surface area (Å²) in [7, 11) is 1.64. The lowest BCUT2D eigenvalue weighted by atomic mass is 9.83. The summed E-state index contributed by atoms with van der Waals surface area (Å²) in [4.78, 5) is 1.53.